The molecule has 1 aliphatic carbocycles. The summed E-state index contributed by atoms with van der Waals surface area (Å²) in [5, 5.41) is 4.08. The van der Waals surface area contributed by atoms with Gasteiger partial charge in [-0.05, 0) is 32.1 Å². The maximum absolute atomic E-state index is 12.5. The van der Waals surface area contributed by atoms with E-state index in [2.05, 4.69) is 21.6 Å². The van der Waals surface area contributed by atoms with E-state index in [1.54, 1.807) is 0 Å². The van der Waals surface area contributed by atoms with Crippen molar-refractivity contribution in [2.75, 3.05) is 5.73 Å². The molecule has 2 heterocycles. The van der Waals surface area contributed by atoms with Crippen LogP contribution in [-0.4, -0.2) is 19.2 Å². The number of nitrogens with zero attached hydrogens (tertiary/aromatic N) is 4. The Bertz CT molecular complexity index is 700. The van der Waals surface area contributed by atoms with E-state index in [0.717, 1.165) is 49.9 Å². The van der Waals surface area contributed by atoms with Crippen LogP contribution in [0, 0.1) is 0 Å². The highest BCUT2D eigenvalue weighted by Gasteiger charge is 2.21. The van der Waals surface area contributed by atoms with E-state index in [0.29, 0.717) is 5.78 Å². The second-order valence-electron chi connectivity index (χ2n) is 5.83. The number of nitrogens with two attached hydrogens (primary N) is 1. The molecule has 0 aliphatic heterocycles. The molecule has 0 aromatic carbocycles. The number of nitrogen functional groups attached to an aromatic ring is 1. The fraction of sp³-hybridized carbons (Fsp3) is 0.667. The van der Waals surface area contributed by atoms with Crippen LogP contribution in [0.4, 0.5) is 5.95 Å². The molecule has 0 amide bonds. The number of aryl methyl sites for hydroxylation is 1. The Morgan fingerprint density at radius 2 is 2.00 bits per heavy atom. The van der Waals surface area contributed by atoms with Crippen molar-refractivity contribution in [1.82, 2.24) is 19.2 Å². The van der Waals surface area contributed by atoms with Crippen molar-refractivity contribution in [3.8, 4) is 0 Å². The van der Waals surface area contributed by atoms with Crippen molar-refractivity contribution in [3.63, 3.8) is 0 Å². The second-order valence-corrected chi connectivity index (χ2v) is 5.83. The van der Waals surface area contributed by atoms with Gasteiger partial charge in [0, 0.05) is 17.8 Å². The van der Waals surface area contributed by atoms with Gasteiger partial charge in [0.1, 0.15) is 0 Å². The van der Waals surface area contributed by atoms with Crippen LogP contribution in [0.25, 0.3) is 5.78 Å². The average molecular weight is 289 g/mol. The Morgan fingerprint density at radius 3 is 2.81 bits per heavy atom. The highest BCUT2D eigenvalue weighted by molar-refractivity contribution is 5.40. The minimum absolute atomic E-state index is 0.0336. The smallest absolute Gasteiger partial charge is 0.279 e. The molecule has 21 heavy (non-hydrogen) atoms. The van der Waals surface area contributed by atoms with Crippen LogP contribution < -0.4 is 11.3 Å². The number of hydrogen-bond donors (Lipinski definition) is 1. The van der Waals surface area contributed by atoms with Crippen LogP contribution >= 0.6 is 0 Å². The Labute approximate surface area is 124 Å². The summed E-state index contributed by atoms with van der Waals surface area (Å²) in [6.45, 7) is 3.10. The van der Waals surface area contributed by atoms with Crippen molar-refractivity contribution in [2.45, 2.75) is 64.8 Å². The summed E-state index contributed by atoms with van der Waals surface area (Å²) in [6, 6.07) is 0. The molecule has 6 nitrogen and oxygen atoms in total. The molecule has 1 aliphatic rings. The number of anilines is 1. The van der Waals surface area contributed by atoms with Crippen LogP contribution in [0.1, 0.15) is 56.7 Å². The van der Waals surface area contributed by atoms with Gasteiger partial charge in [0.15, 0.2) is 0 Å². The maximum Gasteiger partial charge on any atom is 0.279 e. The summed E-state index contributed by atoms with van der Waals surface area (Å²) in [4.78, 5) is 16.8. The third-order valence-electron chi connectivity index (χ3n) is 4.30. The average Bonchev–Trinajstić information content (AvgIpc) is 2.88. The number of rotatable bonds is 5. The minimum Gasteiger partial charge on any atom is -0.366 e. The van der Waals surface area contributed by atoms with Crippen molar-refractivity contribution >= 4 is 11.7 Å². The number of hydrogen-bond acceptors (Lipinski definition) is 4. The lowest BCUT2D eigenvalue weighted by Crippen LogP contribution is -2.29. The zero-order chi connectivity index (χ0) is 14.8. The lowest BCUT2D eigenvalue weighted by atomic mass is 9.96. The third kappa shape index (κ3) is 2.54. The first kappa shape index (κ1) is 14.1. The lowest BCUT2D eigenvalue weighted by molar-refractivity contribution is 0.534. The van der Waals surface area contributed by atoms with Gasteiger partial charge in [0.05, 0.1) is 0 Å². The molecule has 2 aromatic rings. The summed E-state index contributed by atoms with van der Waals surface area (Å²) in [7, 11) is 0. The third-order valence-corrected chi connectivity index (χ3v) is 4.30. The SMILES string of the molecule is CCCCCCn1c2c(c(=O)n3nc(N)nc13)CCCC2. The number of fused-ring (bicyclic) bond motifs is 2. The van der Waals surface area contributed by atoms with Crippen LogP contribution in [0.5, 0.6) is 0 Å². The highest BCUT2D eigenvalue weighted by atomic mass is 16.1. The predicted molar refractivity (Wildman–Crippen MR) is 82.4 cm³/mol. The Kier molecular flexibility index (Phi) is 3.94. The molecule has 0 bridgehead atoms. The molecule has 0 unspecified atom stereocenters. The highest BCUT2D eigenvalue weighted by Crippen LogP contribution is 2.21. The molecular formula is C15H23N5O. The van der Waals surface area contributed by atoms with Gasteiger partial charge in [0.25, 0.3) is 5.56 Å². The van der Waals surface area contributed by atoms with Crippen LogP contribution in [0.2, 0.25) is 0 Å². The summed E-state index contributed by atoms with van der Waals surface area (Å²) >= 11 is 0. The first-order valence-corrected chi connectivity index (χ1v) is 7.99. The van der Waals surface area contributed by atoms with E-state index in [4.69, 9.17) is 5.73 Å². The molecule has 6 heteroatoms. The van der Waals surface area contributed by atoms with E-state index >= 15 is 0 Å². The van der Waals surface area contributed by atoms with E-state index in [9.17, 15) is 4.79 Å². The Morgan fingerprint density at radius 1 is 1.19 bits per heavy atom. The first-order valence-electron chi connectivity index (χ1n) is 7.99. The van der Waals surface area contributed by atoms with Gasteiger partial charge >= 0.3 is 0 Å². The molecular weight excluding hydrogens is 266 g/mol. The molecule has 2 aromatic heterocycles. The normalized spacial score (nSPS) is 14.5. The summed E-state index contributed by atoms with van der Waals surface area (Å²) in [5.74, 6) is 0.784. The van der Waals surface area contributed by atoms with Gasteiger partial charge in [-0.25, -0.2) is 0 Å². The Balaban J connectivity index is 2.06. The van der Waals surface area contributed by atoms with Crippen molar-refractivity contribution in [3.05, 3.63) is 21.6 Å². The predicted octanol–water partition coefficient (Wildman–Crippen LogP) is 1.93. The number of aromatic nitrogens is 4. The molecule has 0 fully saturated rings. The van der Waals surface area contributed by atoms with Gasteiger partial charge in [0.2, 0.25) is 11.7 Å². The van der Waals surface area contributed by atoms with Gasteiger partial charge in [-0.3, -0.25) is 4.79 Å². The van der Waals surface area contributed by atoms with Gasteiger partial charge in [-0.1, -0.05) is 26.2 Å². The molecule has 2 N–H and O–H groups in total. The van der Waals surface area contributed by atoms with Crippen molar-refractivity contribution < 1.29 is 0 Å². The standard InChI is InChI=1S/C15H23N5O/c1-2-3-4-7-10-19-12-9-6-5-8-11(12)13(21)20-15(19)17-14(16)18-20/h2-10H2,1H3,(H2,16,18). The van der Waals surface area contributed by atoms with Crippen molar-refractivity contribution in [1.29, 1.82) is 0 Å². The maximum atomic E-state index is 12.5. The molecule has 0 spiro atoms. The van der Waals surface area contributed by atoms with E-state index in [1.165, 1.54) is 23.8 Å². The number of unbranched alkanes of at least 4 members (excludes halogenated alkanes) is 3. The fourth-order valence-corrected chi connectivity index (χ4v) is 3.23. The summed E-state index contributed by atoms with van der Waals surface area (Å²) in [6.07, 6.45) is 8.79. The summed E-state index contributed by atoms with van der Waals surface area (Å²) < 4.78 is 3.56. The van der Waals surface area contributed by atoms with Gasteiger partial charge in [-0.2, -0.15) is 9.50 Å². The van der Waals surface area contributed by atoms with E-state index in [-0.39, 0.29) is 11.5 Å². The molecule has 0 saturated heterocycles. The van der Waals surface area contributed by atoms with Gasteiger partial charge < -0.3 is 10.3 Å². The van der Waals surface area contributed by atoms with Crippen LogP contribution in [0.3, 0.4) is 0 Å². The molecule has 0 radical (unpaired) electrons. The Hall–Kier alpha value is -1.85. The van der Waals surface area contributed by atoms with Crippen LogP contribution in [0.15, 0.2) is 4.79 Å². The quantitative estimate of drug-likeness (QED) is 0.853. The second kappa shape index (κ2) is 5.87. The zero-order valence-corrected chi connectivity index (χ0v) is 12.6. The summed E-state index contributed by atoms with van der Waals surface area (Å²) in [5.41, 5.74) is 7.74. The molecule has 0 atom stereocenters. The zero-order valence-electron chi connectivity index (χ0n) is 12.6. The molecule has 3 rings (SSSR count). The molecule has 0 saturated carbocycles. The largest absolute Gasteiger partial charge is 0.366 e. The minimum atomic E-state index is -0.0336. The van der Waals surface area contributed by atoms with Crippen LogP contribution in [-0.2, 0) is 19.4 Å². The fourth-order valence-electron chi connectivity index (χ4n) is 3.23. The molecule has 114 valence electrons. The van der Waals surface area contributed by atoms with Crippen molar-refractivity contribution in [2.24, 2.45) is 0 Å². The van der Waals surface area contributed by atoms with Gasteiger partial charge in [-0.15, -0.1) is 5.10 Å². The first-order chi connectivity index (χ1) is 10.2. The van der Waals surface area contributed by atoms with E-state index < -0.39 is 0 Å². The monoisotopic (exact) mass is 289 g/mol. The van der Waals surface area contributed by atoms with E-state index in [1.807, 2.05) is 0 Å². The topological polar surface area (TPSA) is 78.2 Å². The lowest BCUT2D eigenvalue weighted by Gasteiger charge is -2.21.